The molecule has 0 unspecified atom stereocenters. The predicted octanol–water partition coefficient (Wildman–Crippen LogP) is 3.30. The molecule has 2 aliphatic rings. The van der Waals surface area contributed by atoms with Gasteiger partial charge in [-0.05, 0) is 56.3 Å². The molecule has 110 valence electrons. The average molecular weight is 274 g/mol. The zero-order chi connectivity index (χ0) is 13.8. The van der Waals surface area contributed by atoms with Crippen molar-refractivity contribution >= 4 is 5.69 Å². The van der Waals surface area contributed by atoms with Crippen LogP contribution in [-0.4, -0.2) is 31.1 Å². The van der Waals surface area contributed by atoms with Crippen molar-refractivity contribution in [1.29, 1.82) is 0 Å². The van der Waals surface area contributed by atoms with Gasteiger partial charge in [0, 0.05) is 18.3 Å². The summed E-state index contributed by atoms with van der Waals surface area (Å²) in [7, 11) is 0. The van der Waals surface area contributed by atoms with Crippen LogP contribution in [0.4, 0.5) is 5.69 Å². The van der Waals surface area contributed by atoms with Crippen LogP contribution in [0.2, 0.25) is 0 Å². The second-order valence-corrected chi connectivity index (χ2v) is 6.47. The molecule has 20 heavy (non-hydrogen) atoms. The van der Waals surface area contributed by atoms with Gasteiger partial charge in [0.2, 0.25) is 0 Å². The highest BCUT2D eigenvalue weighted by Gasteiger charge is 2.36. The molecule has 3 rings (SSSR count). The lowest BCUT2D eigenvalue weighted by Gasteiger charge is -2.39. The van der Waals surface area contributed by atoms with Crippen molar-refractivity contribution < 1.29 is 4.74 Å². The predicted molar refractivity (Wildman–Crippen MR) is 82.9 cm³/mol. The molecule has 0 bridgehead atoms. The van der Waals surface area contributed by atoms with E-state index in [0.29, 0.717) is 5.41 Å². The number of ether oxygens (including phenoxy) is 1. The van der Waals surface area contributed by atoms with E-state index in [1.54, 1.807) is 0 Å². The van der Waals surface area contributed by atoms with E-state index in [1.807, 2.05) is 24.3 Å². The lowest BCUT2D eigenvalue weighted by atomic mass is 9.77. The lowest BCUT2D eigenvalue weighted by Crippen LogP contribution is -2.40. The van der Waals surface area contributed by atoms with Crippen LogP contribution in [0, 0.1) is 5.41 Å². The van der Waals surface area contributed by atoms with Crippen LogP contribution in [0.15, 0.2) is 24.3 Å². The number of hydrogen-bond acceptors (Lipinski definition) is 3. The molecule has 1 aromatic rings. The van der Waals surface area contributed by atoms with Gasteiger partial charge in [-0.15, -0.1) is 0 Å². The summed E-state index contributed by atoms with van der Waals surface area (Å²) in [5.74, 6) is 0.884. The van der Waals surface area contributed by atoms with E-state index in [4.69, 9.17) is 10.5 Å². The molecule has 2 fully saturated rings. The number of anilines is 1. The van der Waals surface area contributed by atoms with Gasteiger partial charge < -0.3 is 10.5 Å². The Hall–Kier alpha value is -1.22. The molecular weight excluding hydrogens is 248 g/mol. The molecule has 1 aliphatic carbocycles. The Bertz CT molecular complexity index is 430. The Kier molecular flexibility index (Phi) is 4.16. The van der Waals surface area contributed by atoms with Gasteiger partial charge in [-0.2, -0.15) is 0 Å². The summed E-state index contributed by atoms with van der Waals surface area (Å²) >= 11 is 0. The van der Waals surface area contributed by atoms with Crippen molar-refractivity contribution in [2.45, 2.75) is 38.5 Å². The third kappa shape index (κ3) is 3.26. The van der Waals surface area contributed by atoms with Gasteiger partial charge in [0.1, 0.15) is 12.4 Å². The largest absolute Gasteiger partial charge is 0.492 e. The molecule has 0 atom stereocenters. The summed E-state index contributed by atoms with van der Waals surface area (Å²) < 4.78 is 5.78. The summed E-state index contributed by atoms with van der Waals surface area (Å²) in [5.41, 5.74) is 7.23. The number of rotatable bonds is 4. The minimum absolute atomic E-state index is 0.714. The first-order valence-corrected chi connectivity index (χ1v) is 7.97. The van der Waals surface area contributed by atoms with Gasteiger partial charge in [-0.3, -0.25) is 4.90 Å². The number of likely N-dealkylation sites (tertiary alicyclic amines) is 1. The summed E-state index contributed by atoms with van der Waals surface area (Å²) in [6.07, 6.45) is 8.65. The lowest BCUT2D eigenvalue weighted by molar-refractivity contribution is 0.0961. The summed E-state index contributed by atoms with van der Waals surface area (Å²) in [4.78, 5) is 2.55. The van der Waals surface area contributed by atoms with Crippen LogP contribution in [0.3, 0.4) is 0 Å². The molecule has 1 spiro atoms. The van der Waals surface area contributed by atoms with Crippen molar-refractivity contribution in [3.8, 4) is 5.75 Å². The molecular formula is C17H26N2O. The van der Waals surface area contributed by atoms with Crippen molar-refractivity contribution in [1.82, 2.24) is 4.90 Å². The van der Waals surface area contributed by atoms with Gasteiger partial charge in [-0.1, -0.05) is 18.9 Å². The third-order valence-electron chi connectivity index (χ3n) is 5.12. The van der Waals surface area contributed by atoms with Crippen LogP contribution in [0.1, 0.15) is 38.5 Å². The zero-order valence-electron chi connectivity index (χ0n) is 12.3. The van der Waals surface area contributed by atoms with E-state index < -0.39 is 0 Å². The second kappa shape index (κ2) is 6.04. The molecule has 2 N–H and O–H groups in total. The molecule has 1 saturated carbocycles. The Balaban J connectivity index is 1.39. The van der Waals surface area contributed by atoms with E-state index >= 15 is 0 Å². The number of nitrogen functional groups attached to an aromatic ring is 1. The first-order valence-electron chi connectivity index (χ1n) is 7.97. The van der Waals surface area contributed by atoms with Crippen molar-refractivity contribution in [3.63, 3.8) is 0 Å². The fourth-order valence-electron chi connectivity index (χ4n) is 3.77. The molecule has 1 saturated heterocycles. The van der Waals surface area contributed by atoms with Crippen molar-refractivity contribution in [2.75, 3.05) is 32.0 Å². The molecule has 1 aromatic carbocycles. The van der Waals surface area contributed by atoms with E-state index in [1.165, 1.54) is 51.6 Å². The van der Waals surface area contributed by atoms with Gasteiger partial charge >= 0.3 is 0 Å². The van der Waals surface area contributed by atoms with Gasteiger partial charge in [0.15, 0.2) is 0 Å². The van der Waals surface area contributed by atoms with Crippen molar-refractivity contribution in [3.05, 3.63) is 24.3 Å². The molecule has 0 aromatic heterocycles. The highest BCUT2D eigenvalue weighted by molar-refractivity contribution is 5.43. The standard InChI is InChI=1S/C17H26N2O/c18-15-4-3-5-16(14-15)20-13-12-19-10-8-17(9-11-19)6-1-2-7-17/h3-5,14H,1-2,6-13,18H2. The van der Waals surface area contributed by atoms with Crippen molar-refractivity contribution in [2.24, 2.45) is 5.41 Å². The average Bonchev–Trinajstić information content (AvgIpc) is 2.90. The topological polar surface area (TPSA) is 38.5 Å². The fourth-order valence-corrected chi connectivity index (χ4v) is 3.77. The van der Waals surface area contributed by atoms with Crippen LogP contribution < -0.4 is 10.5 Å². The summed E-state index contributed by atoms with van der Waals surface area (Å²) in [5, 5.41) is 0. The minimum atomic E-state index is 0.714. The number of nitrogens with zero attached hydrogens (tertiary/aromatic N) is 1. The second-order valence-electron chi connectivity index (χ2n) is 6.47. The number of benzene rings is 1. The fraction of sp³-hybridized carbons (Fsp3) is 0.647. The maximum absolute atomic E-state index is 5.78. The first-order chi connectivity index (χ1) is 9.76. The molecule has 3 heteroatoms. The Morgan fingerprint density at radius 3 is 2.55 bits per heavy atom. The molecule has 0 amide bonds. The van der Waals surface area contributed by atoms with Gasteiger partial charge in [0.05, 0.1) is 0 Å². The van der Waals surface area contributed by atoms with E-state index in [-0.39, 0.29) is 0 Å². The Labute approximate surface area is 122 Å². The van der Waals surface area contributed by atoms with Gasteiger partial charge in [-0.25, -0.2) is 0 Å². The number of piperidine rings is 1. The monoisotopic (exact) mass is 274 g/mol. The molecule has 1 aliphatic heterocycles. The normalized spacial score (nSPS) is 22.2. The molecule has 3 nitrogen and oxygen atoms in total. The maximum atomic E-state index is 5.78. The number of nitrogens with two attached hydrogens (primary N) is 1. The maximum Gasteiger partial charge on any atom is 0.121 e. The van der Waals surface area contributed by atoms with Crippen LogP contribution in [0.5, 0.6) is 5.75 Å². The Morgan fingerprint density at radius 2 is 1.85 bits per heavy atom. The SMILES string of the molecule is Nc1cccc(OCCN2CCC3(CCCC3)CC2)c1. The third-order valence-corrected chi connectivity index (χ3v) is 5.12. The smallest absolute Gasteiger partial charge is 0.121 e. The first kappa shape index (κ1) is 13.7. The highest BCUT2D eigenvalue weighted by atomic mass is 16.5. The highest BCUT2D eigenvalue weighted by Crippen LogP contribution is 2.45. The van der Waals surface area contributed by atoms with Crippen LogP contribution >= 0.6 is 0 Å². The zero-order valence-corrected chi connectivity index (χ0v) is 12.3. The van der Waals surface area contributed by atoms with E-state index in [0.717, 1.165) is 24.6 Å². The van der Waals surface area contributed by atoms with Crippen LogP contribution in [-0.2, 0) is 0 Å². The van der Waals surface area contributed by atoms with Gasteiger partial charge in [0.25, 0.3) is 0 Å². The minimum Gasteiger partial charge on any atom is -0.492 e. The van der Waals surface area contributed by atoms with Crippen LogP contribution in [0.25, 0.3) is 0 Å². The summed E-state index contributed by atoms with van der Waals surface area (Å²) in [6, 6.07) is 7.69. The van der Waals surface area contributed by atoms with E-state index in [9.17, 15) is 0 Å². The Morgan fingerprint density at radius 1 is 1.10 bits per heavy atom. The molecule has 1 heterocycles. The molecule has 0 radical (unpaired) electrons. The quantitative estimate of drug-likeness (QED) is 0.856. The van der Waals surface area contributed by atoms with E-state index in [2.05, 4.69) is 4.90 Å². The number of hydrogen-bond donors (Lipinski definition) is 1. The summed E-state index contributed by atoms with van der Waals surface area (Å²) in [6.45, 7) is 4.29.